The van der Waals surface area contributed by atoms with Crippen LogP contribution in [0.5, 0.6) is 0 Å². The second-order valence-electron chi connectivity index (χ2n) is 8.04. The van der Waals surface area contributed by atoms with Gasteiger partial charge in [0.15, 0.2) is 5.82 Å². The van der Waals surface area contributed by atoms with Gasteiger partial charge in [0.1, 0.15) is 15.4 Å². The quantitative estimate of drug-likeness (QED) is 0.209. The molecule has 2 rings (SSSR count). The number of aromatic nitrogens is 4. The standard InChI is InChI=1S/C20H36N4O4S2.Na/c1-2-3-4-5-6-7-8-9-10-11-12-13-14-15-16-17(30(26,27)28)18-21-22-19-24(18)23-20(25)29-19;/h17H,2-16H2,1H3,(H,23,25)(H,26,27,28);/q;+1/p-1. The minimum Gasteiger partial charge on any atom is -0.747 e. The van der Waals surface area contributed by atoms with E-state index in [4.69, 9.17) is 0 Å². The molecular weight excluding hydrogens is 447 g/mol. The van der Waals surface area contributed by atoms with Crippen molar-refractivity contribution in [1.29, 1.82) is 0 Å². The van der Waals surface area contributed by atoms with Crippen molar-refractivity contribution in [2.24, 2.45) is 0 Å². The van der Waals surface area contributed by atoms with E-state index in [0.717, 1.165) is 30.6 Å². The Balaban J connectivity index is 0.00000480. The number of hydrogen-bond donors (Lipinski definition) is 1. The van der Waals surface area contributed by atoms with Crippen LogP contribution in [0.2, 0.25) is 0 Å². The van der Waals surface area contributed by atoms with Gasteiger partial charge in [0.25, 0.3) is 0 Å². The first-order valence-corrected chi connectivity index (χ1v) is 13.6. The summed E-state index contributed by atoms with van der Waals surface area (Å²) in [4.78, 5) is 11.3. The van der Waals surface area contributed by atoms with Gasteiger partial charge in [-0.1, -0.05) is 96.8 Å². The van der Waals surface area contributed by atoms with Crippen molar-refractivity contribution in [2.75, 3.05) is 0 Å². The third kappa shape index (κ3) is 10.5. The Labute approximate surface area is 211 Å². The third-order valence-electron chi connectivity index (χ3n) is 5.50. The molecule has 0 fully saturated rings. The number of hydrogen-bond acceptors (Lipinski definition) is 7. The molecule has 1 unspecified atom stereocenters. The Bertz CT molecular complexity index is 895. The van der Waals surface area contributed by atoms with Crippen LogP contribution >= 0.6 is 11.3 Å². The molecule has 11 heteroatoms. The fraction of sp³-hybridized carbons (Fsp3) is 0.850. The molecule has 172 valence electrons. The van der Waals surface area contributed by atoms with Gasteiger partial charge in [0.05, 0.1) is 0 Å². The summed E-state index contributed by atoms with van der Waals surface area (Å²) in [6.45, 7) is 2.24. The maximum atomic E-state index is 11.7. The number of nitrogens with one attached hydrogen (secondary N) is 1. The van der Waals surface area contributed by atoms with Crippen LogP contribution in [0.1, 0.15) is 114 Å². The summed E-state index contributed by atoms with van der Waals surface area (Å²) in [6, 6.07) is 0. The molecular formula is C20H35N4NaO4S2. The molecule has 0 spiro atoms. The maximum Gasteiger partial charge on any atom is 1.00 e. The van der Waals surface area contributed by atoms with E-state index in [2.05, 4.69) is 22.2 Å². The minimum absolute atomic E-state index is 0. The molecule has 0 aliphatic heterocycles. The van der Waals surface area contributed by atoms with Gasteiger partial charge < -0.3 is 4.55 Å². The van der Waals surface area contributed by atoms with E-state index < -0.39 is 15.4 Å². The Morgan fingerprint density at radius 3 is 1.87 bits per heavy atom. The molecule has 0 saturated carbocycles. The average Bonchev–Trinajstić information content (AvgIpc) is 3.23. The van der Waals surface area contributed by atoms with Gasteiger partial charge in [-0.05, 0) is 17.8 Å². The fourth-order valence-corrected chi connectivity index (χ4v) is 5.27. The van der Waals surface area contributed by atoms with Crippen LogP contribution in [0.4, 0.5) is 0 Å². The van der Waals surface area contributed by atoms with Gasteiger partial charge in [-0.25, -0.2) is 18.0 Å². The number of H-pyrrole nitrogens is 1. The molecule has 8 nitrogen and oxygen atoms in total. The number of aromatic amines is 1. The van der Waals surface area contributed by atoms with Crippen LogP contribution in [0.25, 0.3) is 4.96 Å². The summed E-state index contributed by atoms with van der Waals surface area (Å²) < 4.78 is 36.4. The topological polar surface area (TPSA) is 120 Å². The molecule has 0 aliphatic rings. The normalized spacial score (nSPS) is 12.8. The average molecular weight is 483 g/mol. The molecule has 0 aromatic carbocycles. The summed E-state index contributed by atoms with van der Waals surface area (Å²) in [5.74, 6) is 0.00745. The second kappa shape index (κ2) is 15.6. The number of nitrogens with zero attached hydrogens (tertiary/aromatic N) is 3. The van der Waals surface area contributed by atoms with Crippen molar-refractivity contribution in [3.8, 4) is 0 Å². The molecule has 1 atom stereocenters. The second-order valence-corrected chi connectivity index (χ2v) is 10.5. The van der Waals surface area contributed by atoms with E-state index in [9.17, 15) is 17.8 Å². The summed E-state index contributed by atoms with van der Waals surface area (Å²) in [5.41, 5.74) is 0. The first kappa shape index (κ1) is 28.8. The number of unbranched alkanes of at least 4 members (excludes halogenated alkanes) is 13. The number of rotatable bonds is 17. The Morgan fingerprint density at radius 2 is 1.39 bits per heavy atom. The van der Waals surface area contributed by atoms with Gasteiger partial charge >= 0.3 is 34.4 Å². The third-order valence-corrected chi connectivity index (χ3v) is 7.37. The molecule has 2 aromatic rings. The van der Waals surface area contributed by atoms with Crippen molar-refractivity contribution < 1.29 is 42.5 Å². The number of fused-ring (bicyclic) bond motifs is 1. The SMILES string of the molecule is CCCCCCCCCCCCCCCCC(c1nnc2sc(=O)[nH]n12)S(=O)(=O)[O-].[Na+]. The molecule has 0 saturated heterocycles. The van der Waals surface area contributed by atoms with Crippen molar-refractivity contribution in [3.05, 3.63) is 15.5 Å². The van der Waals surface area contributed by atoms with E-state index in [1.165, 1.54) is 68.7 Å². The van der Waals surface area contributed by atoms with Gasteiger partial charge in [0, 0.05) is 0 Å². The summed E-state index contributed by atoms with van der Waals surface area (Å²) >= 11 is 0.831. The van der Waals surface area contributed by atoms with Crippen LogP contribution in [-0.2, 0) is 10.1 Å². The molecule has 0 amide bonds. The van der Waals surface area contributed by atoms with Crippen molar-refractivity contribution in [1.82, 2.24) is 19.8 Å². The minimum atomic E-state index is -4.58. The predicted octanol–water partition coefficient (Wildman–Crippen LogP) is 1.94. The van der Waals surface area contributed by atoms with Gasteiger partial charge in [-0.15, -0.1) is 10.2 Å². The van der Waals surface area contributed by atoms with Crippen molar-refractivity contribution >= 4 is 26.4 Å². The summed E-state index contributed by atoms with van der Waals surface area (Å²) in [6.07, 6.45) is 17.1. The van der Waals surface area contributed by atoms with E-state index in [1.54, 1.807) is 0 Å². The largest absolute Gasteiger partial charge is 1.00 e. The predicted molar refractivity (Wildman–Crippen MR) is 119 cm³/mol. The molecule has 0 radical (unpaired) electrons. The zero-order valence-corrected chi connectivity index (χ0v) is 22.6. The maximum absolute atomic E-state index is 11.7. The summed E-state index contributed by atoms with van der Waals surface area (Å²) in [7, 11) is -4.58. The Morgan fingerprint density at radius 1 is 0.903 bits per heavy atom. The Hall–Kier alpha value is -0.260. The van der Waals surface area contributed by atoms with Crippen LogP contribution in [-0.4, -0.2) is 32.8 Å². The van der Waals surface area contributed by atoms with Crippen molar-refractivity contribution in [3.63, 3.8) is 0 Å². The van der Waals surface area contributed by atoms with Gasteiger partial charge in [-0.3, -0.25) is 4.79 Å². The first-order valence-electron chi connectivity index (χ1n) is 11.3. The van der Waals surface area contributed by atoms with E-state index in [0.29, 0.717) is 6.42 Å². The summed E-state index contributed by atoms with van der Waals surface area (Å²) in [5, 5.41) is 8.79. The molecule has 2 aromatic heterocycles. The Kier molecular flexibility index (Phi) is 14.4. The van der Waals surface area contributed by atoms with E-state index in [-0.39, 0.29) is 51.6 Å². The molecule has 0 aliphatic carbocycles. The van der Waals surface area contributed by atoms with Crippen molar-refractivity contribution in [2.45, 2.75) is 108 Å². The van der Waals surface area contributed by atoms with Gasteiger partial charge in [-0.2, -0.15) is 0 Å². The smallest absolute Gasteiger partial charge is 0.747 e. The zero-order valence-electron chi connectivity index (χ0n) is 19.0. The monoisotopic (exact) mass is 482 g/mol. The molecule has 2 heterocycles. The van der Waals surface area contributed by atoms with Crippen LogP contribution in [0, 0.1) is 0 Å². The molecule has 31 heavy (non-hydrogen) atoms. The van der Waals surface area contributed by atoms with E-state index >= 15 is 0 Å². The van der Waals surface area contributed by atoms with Crippen LogP contribution < -0.4 is 34.4 Å². The fourth-order valence-electron chi connectivity index (χ4n) is 3.78. The van der Waals surface area contributed by atoms with Crippen LogP contribution in [0.3, 0.4) is 0 Å². The zero-order chi connectivity index (χ0) is 21.8. The van der Waals surface area contributed by atoms with E-state index in [1.807, 2.05) is 0 Å². The molecule has 1 N–H and O–H groups in total. The molecule has 0 bridgehead atoms. The first-order chi connectivity index (χ1) is 14.4. The van der Waals surface area contributed by atoms with Crippen LogP contribution in [0.15, 0.2) is 4.79 Å². The van der Waals surface area contributed by atoms with Gasteiger partial charge in [0.2, 0.25) is 4.96 Å².